The van der Waals surface area contributed by atoms with Crippen molar-refractivity contribution in [2.24, 2.45) is 16.8 Å². The van der Waals surface area contributed by atoms with Crippen LogP contribution in [-0.4, -0.2) is 90.1 Å². The molecule has 0 saturated carbocycles. The van der Waals surface area contributed by atoms with E-state index in [1.807, 2.05) is 41.5 Å². The molecule has 1 aromatic rings. The van der Waals surface area contributed by atoms with Crippen LogP contribution in [0.5, 0.6) is 0 Å². The monoisotopic (exact) mass is 642 g/mol. The maximum absolute atomic E-state index is 13.5. The van der Waals surface area contributed by atoms with Crippen molar-refractivity contribution < 1.29 is 24.0 Å². The van der Waals surface area contributed by atoms with E-state index in [1.54, 1.807) is 19.1 Å². The molecule has 2 heterocycles. The van der Waals surface area contributed by atoms with Gasteiger partial charge in [-0.25, -0.2) is 0 Å². The van der Waals surface area contributed by atoms with Gasteiger partial charge in [0.15, 0.2) is 0 Å². The summed E-state index contributed by atoms with van der Waals surface area (Å²) in [6.07, 6.45) is 5.65. The maximum atomic E-state index is 13.5. The van der Waals surface area contributed by atoms with E-state index in [2.05, 4.69) is 41.9 Å². The molecule has 5 atom stereocenters. The van der Waals surface area contributed by atoms with E-state index in [0.717, 1.165) is 5.71 Å². The number of carbonyl (C=O) groups excluding carboxylic acids is 5. The minimum absolute atomic E-state index is 0.0904. The number of hydrogen-bond acceptors (Lipinski definition) is 8. The summed E-state index contributed by atoms with van der Waals surface area (Å²) in [6.45, 7) is 14.8. The molecule has 1 aromatic heterocycles. The fourth-order valence-corrected chi connectivity index (χ4v) is 4.94. The number of pyridine rings is 1. The molecule has 0 radical (unpaired) electrons. The molecular weight excluding hydrogens is 588 g/mol. The van der Waals surface area contributed by atoms with Gasteiger partial charge in [-0.15, -0.1) is 0 Å². The van der Waals surface area contributed by atoms with Crippen molar-refractivity contribution in [2.75, 3.05) is 19.6 Å². The summed E-state index contributed by atoms with van der Waals surface area (Å²) in [4.78, 5) is 73.3. The van der Waals surface area contributed by atoms with E-state index in [4.69, 9.17) is 0 Å². The Kier molecular flexibility index (Phi) is 16.3. The Bertz CT molecular complexity index is 1190. The summed E-state index contributed by atoms with van der Waals surface area (Å²) >= 11 is 0. The van der Waals surface area contributed by atoms with Crippen LogP contribution in [-0.2, 0) is 19.2 Å². The molecule has 2 rings (SSSR count). The molecule has 0 aromatic carbocycles. The molecule has 0 spiro atoms. The summed E-state index contributed by atoms with van der Waals surface area (Å²) in [5, 5.41) is 17.5. The van der Waals surface area contributed by atoms with Gasteiger partial charge in [0, 0.05) is 42.8 Å². The van der Waals surface area contributed by atoms with E-state index in [9.17, 15) is 24.0 Å². The highest BCUT2D eigenvalue weighted by molar-refractivity contribution is 6.00. The van der Waals surface area contributed by atoms with Crippen molar-refractivity contribution >= 4 is 35.2 Å². The van der Waals surface area contributed by atoms with Gasteiger partial charge in [-0.1, -0.05) is 41.0 Å². The van der Waals surface area contributed by atoms with Crippen LogP contribution in [0.25, 0.3) is 0 Å². The number of aliphatic imine (C=N–C) groups is 1. The molecule has 256 valence electrons. The molecule has 0 bridgehead atoms. The van der Waals surface area contributed by atoms with E-state index >= 15 is 0 Å². The fraction of sp³-hybridized carbons (Fsp3) is 0.667. The molecule has 0 fully saturated rings. The Balaban J connectivity index is 2.06. The minimum Gasteiger partial charge on any atom is -0.355 e. The Morgan fingerprint density at radius 2 is 1.43 bits per heavy atom. The van der Waals surface area contributed by atoms with Crippen molar-refractivity contribution in [3.8, 4) is 0 Å². The van der Waals surface area contributed by atoms with Gasteiger partial charge in [0.05, 0.1) is 12.6 Å². The van der Waals surface area contributed by atoms with Crippen molar-refractivity contribution in [1.29, 1.82) is 0 Å². The van der Waals surface area contributed by atoms with E-state index < -0.39 is 36.0 Å². The fourth-order valence-electron chi connectivity index (χ4n) is 4.94. The summed E-state index contributed by atoms with van der Waals surface area (Å²) in [5.41, 5.74) is 1.38. The van der Waals surface area contributed by atoms with Crippen LogP contribution in [0.4, 0.5) is 0 Å². The van der Waals surface area contributed by atoms with Crippen LogP contribution >= 0.6 is 0 Å². The zero-order valence-electron chi connectivity index (χ0n) is 28.4. The largest absolute Gasteiger partial charge is 0.355 e. The standard InChI is InChI=1S/C33H54N8O5/c1-8-10-26(40-32(45)27(12-11-24-18-37-24)39-30(43)23-13-15-34-16-14-23)31(44)38-25(17-20(3)4)19-36-22(7)29(42)41-28(21(5)6)33(46)35-9-2/h13-16,20-22,25-28,36H,8-12,17-19H2,1-7H3,(H,35,46)(H,38,44)(H,39,43)(H,40,45)(H,41,42)/t22-,25-,26-,27-,28-/m0/s1. The van der Waals surface area contributed by atoms with E-state index in [1.165, 1.54) is 12.4 Å². The van der Waals surface area contributed by atoms with Crippen LogP contribution in [0.2, 0.25) is 0 Å². The smallest absolute Gasteiger partial charge is 0.252 e. The van der Waals surface area contributed by atoms with Crippen LogP contribution in [0.15, 0.2) is 29.5 Å². The Labute approximate surface area is 273 Å². The lowest BCUT2D eigenvalue weighted by Crippen LogP contribution is -2.57. The Hall–Kier alpha value is -3.87. The Morgan fingerprint density at radius 1 is 0.804 bits per heavy atom. The lowest BCUT2D eigenvalue weighted by molar-refractivity contribution is -0.131. The number of rotatable bonds is 21. The highest BCUT2D eigenvalue weighted by atomic mass is 16.2. The van der Waals surface area contributed by atoms with Gasteiger partial charge < -0.3 is 31.9 Å². The SMILES string of the molecule is CCC[C@H](NC(=O)[C@H](CCC1=NC1)NC(=O)c1ccncc1)C(=O)N[C@H](CN[C@@H](C)C(=O)N[C@H](C(=O)NCC)C(C)C)CC(C)C. The molecule has 1 aliphatic heterocycles. The highest BCUT2D eigenvalue weighted by Crippen LogP contribution is 2.11. The second-order valence-electron chi connectivity index (χ2n) is 12.6. The van der Waals surface area contributed by atoms with Gasteiger partial charge >= 0.3 is 0 Å². The number of amides is 5. The number of likely N-dealkylation sites (N-methyl/N-ethyl adjacent to an activating group) is 1. The second kappa shape index (κ2) is 19.6. The van der Waals surface area contributed by atoms with Crippen molar-refractivity contribution in [1.82, 2.24) is 36.9 Å². The average Bonchev–Trinajstić information content (AvgIpc) is 3.84. The third-order valence-electron chi connectivity index (χ3n) is 7.64. The average molecular weight is 643 g/mol. The zero-order valence-corrected chi connectivity index (χ0v) is 28.4. The summed E-state index contributed by atoms with van der Waals surface area (Å²) in [6, 6.07) is -0.110. The van der Waals surface area contributed by atoms with Gasteiger partial charge in [-0.3, -0.25) is 33.9 Å². The first-order valence-corrected chi connectivity index (χ1v) is 16.5. The quantitative estimate of drug-likeness (QED) is 0.117. The zero-order chi connectivity index (χ0) is 34.2. The first-order chi connectivity index (χ1) is 21.9. The lowest BCUT2D eigenvalue weighted by Gasteiger charge is -2.28. The van der Waals surface area contributed by atoms with Gasteiger partial charge in [0.2, 0.25) is 23.6 Å². The number of carbonyl (C=O) groups is 5. The molecule has 5 amide bonds. The molecule has 0 unspecified atom stereocenters. The third-order valence-corrected chi connectivity index (χ3v) is 7.64. The van der Waals surface area contributed by atoms with Gasteiger partial charge in [-0.05, 0) is 63.5 Å². The molecule has 1 aliphatic rings. The maximum Gasteiger partial charge on any atom is 0.252 e. The molecule has 6 N–H and O–H groups in total. The molecule has 0 aliphatic carbocycles. The number of nitrogens with zero attached hydrogens (tertiary/aromatic N) is 2. The van der Waals surface area contributed by atoms with Gasteiger partial charge in [0.25, 0.3) is 5.91 Å². The van der Waals surface area contributed by atoms with Crippen molar-refractivity contribution in [3.63, 3.8) is 0 Å². The van der Waals surface area contributed by atoms with Crippen LogP contribution in [0.3, 0.4) is 0 Å². The predicted octanol–water partition coefficient (Wildman–Crippen LogP) is 1.49. The van der Waals surface area contributed by atoms with E-state index in [-0.39, 0.29) is 35.6 Å². The summed E-state index contributed by atoms with van der Waals surface area (Å²) in [7, 11) is 0. The van der Waals surface area contributed by atoms with Crippen molar-refractivity contribution in [3.05, 3.63) is 30.1 Å². The summed E-state index contributed by atoms with van der Waals surface area (Å²) in [5.74, 6) is -1.55. The van der Waals surface area contributed by atoms with Crippen LogP contribution < -0.4 is 31.9 Å². The van der Waals surface area contributed by atoms with Gasteiger partial charge in [-0.2, -0.15) is 0 Å². The first kappa shape index (κ1) is 38.3. The highest BCUT2D eigenvalue weighted by Gasteiger charge is 2.30. The number of aromatic nitrogens is 1. The van der Waals surface area contributed by atoms with Crippen molar-refractivity contribution in [2.45, 2.75) is 111 Å². The topological polar surface area (TPSA) is 183 Å². The van der Waals surface area contributed by atoms with Gasteiger partial charge in [0.1, 0.15) is 18.1 Å². The molecule has 13 nitrogen and oxygen atoms in total. The summed E-state index contributed by atoms with van der Waals surface area (Å²) < 4.78 is 0. The third kappa shape index (κ3) is 13.6. The molecule has 13 heteroatoms. The molecular formula is C33H54N8O5. The first-order valence-electron chi connectivity index (χ1n) is 16.5. The van der Waals surface area contributed by atoms with Crippen LogP contribution in [0, 0.1) is 11.8 Å². The lowest BCUT2D eigenvalue weighted by atomic mass is 10.0. The predicted molar refractivity (Wildman–Crippen MR) is 178 cm³/mol. The number of nitrogens with one attached hydrogen (secondary N) is 6. The Morgan fingerprint density at radius 3 is 2.00 bits per heavy atom. The molecule has 46 heavy (non-hydrogen) atoms. The van der Waals surface area contributed by atoms with Crippen LogP contribution in [0.1, 0.15) is 90.9 Å². The normalized spacial score (nSPS) is 15.5. The molecule has 0 saturated heterocycles. The second-order valence-corrected chi connectivity index (χ2v) is 12.6. The number of hydrogen-bond donors (Lipinski definition) is 6. The minimum atomic E-state index is -0.849. The van der Waals surface area contributed by atoms with E-state index in [0.29, 0.717) is 57.3 Å².